The second-order valence-corrected chi connectivity index (χ2v) is 6.78. The number of nitrogens with zero attached hydrogens (tertiary/aromatic N) is 1. The zero-order valence-corrected chi connectivity index (χ0v) is 13.3. The molecule has 0 atom stereocenters. The fourth-order valence-corrected chi connectivity index (χ4v) is 4.01. The van der Waals surface area contributed by atoms with Crippen LogP contribution in [0.15, 0.2) is 17.0 Å². The summed E-state index contributed by atoms with van der Waals surface area (Å²) < 4.78 is 26.7. The van der Waals surface area contributed by atoms with E-state index < -0.39 is 10.0 Å². The quantitative estimate of drug-likeness (QED) is 0.818. The first kappa shape index (κ1) is 17.0. The highest BCUT2D eigenvalue weighted by atomic mass is 35.5. The Morgan fingerprint density at radius 1 is 1.45 bits per heavy atom. The number of terminal acetylenes is 1. The van der Waals surface area contributed by atoms with Gasteiger partial charge in [-0.2, -0.15) is 4.31 Å². The van der Waals surface area contributed by atoms with Crippen LogP contribution in [0.5, 0.6) is 0 Å². The molecule has 0 saturated heterocycles. The largest absolute Gasteiger partial charge is 0.326 e. The van der Waals surface area contributed by atoms with Gasteiger partial charge < -0.3 is 5.73 Å². The Balaban J connectivity index is 3.41. The molecule has 0 saturated carbocycles. The molecule has 0 radical (unpaired) electrons. The van der Waals surface area contributed by atoms with Crippen molar-refractivity contribution >= 4 is 21.6 Å². The Bertz CT molecular complexity index is 621. The van der Waals surface area contributed by atoms with Crippen LogP contribution in [0.4, 0.5) is 0 Å². The maximum atomic E-state index is 12.7. The van der Waals surface area contributed by atoms with Gasteiger partial charge >= 0.3 is 0 Å². The molecule has 1 aromatic carbocycles. The molecule has 0 aliphatic carbocycles. The molecule has 0 aliphatic rings. The van der Waals surface area contributed by atoms with Gasteiger partial charge in [-0.15, -0.1) is 6.42 Å². The van der Waals surface area contributed by atoms with Crippen LogP contribution in [0.25, 0.3) is 0 Å². The Hall–Kier alpha value is -1.06. The summed E-state index contributed by atoms with van der Waals surface area (Å²) in [7, 11) is -3.66. The lowest BCUT2D eigenvalue weighted by molar-refractivity contribution is 0.445. The molecule has 0 spiro atoms. The summed E-state index contributed by atoms with van der Waals surface area (Å²) in [5, 5.41) is 0.354. The normalized spacial score (nSPS) is 11.6. The van der Waals surface area contributed by atoms with Crippen LogP contribution in [0, 0.1) is 19.3 Å². The van der Waals surface area contributed by atoms with Gasteiger partial charge in [-0.1, -0.05) is 24.4 Å². The Morgan fingerprint density at radius 3 is 2.60 bits per heavy atom. The molecule has 0 aliphatic heterocycles. The van der Waals surface area contributed by atoms with Gasteiger partial charge in [0.1, 0.15) is 0 Å². The lowest BCUT2D eigenvalue weighted by Gasteiger charge is -2.21. The maximum absolute atomic E-state index is 12.7. The lowest BCUT2D eigenvalue weighted by atomic mass is 10.1. The van der Waals surface area contributed by atoms with Crippen molar-refractivity contribution in [3.05, 3.63) is 28.3 Å². The molecule has 20 heavy (non-hydrogen) atoms. The second kappa shape index (κ2) is 7.09. The van der Waals surface area contributed by atoms with E-state index in [0.29, 0.717) is 29.1 Å². The molecule has 6 heteroatoms. The Kier molecular flexibility index (Phi) is 6.03. The smallest absolute Gasteiger partial charge is 0.244 e. The molecule has 0 unspecified atom stereocenters. The maximum Gasteiger partial charge on any atom is 0.244 e. The molecule has 1 aromatic rings. The van der Waals surface area contributed by atoms with E-state index in [2.05, 4.69) is 5.92 Å². The van der Waals surface area contributed by atoms with Crippen LogP contribution in [0.2, 0.25) is 5.02 Å². The first-order valence-corrected chi connectivity index (χ1v) is 8.13. The second-order valence-electron chi connectivity index (χ2n) is 4.43. The molecular weight excluding hydrogens is 296 g/mol. The fourth-order valence-electron chi connectivity index (χ4n) is 1.96. The van der Waals surface area contributed by atoms with Crippen molar-refractivity contribution in [1.82, 2.24) is 4.31 Å². The number of hydrogen-bond donors (Lipinski definition) is 1. The Labute approximate surface area is 126 Å². The minimum absolute atomic E-state index is 0.0418. The van der Waals surface area contributed by atoms with E-state index in [0.717, 1.165) is 0 Å². The average Bonchev–Trinajstić information content (AvgIpc) is 2.40. The van der Waals surface area contributed by atoms with Gasteiger partial charge in [0, 0.05) is 18.1 Å². The number of sulfonamides is 1. The van der Waals surface area contributed by atoms with E-state index in [1.165, 1.54) is 10.4 Å². The summed E-state index contributed by atoms with van der Waals surface area (Å²) in [6.07, 6.45) is 5.94. The molecular formula is C14H19ClN2O2S. The topological polar surface area (TPSA) is 63.4 Å². The fraction of sp³-hybridized carbons (Fsp3) is 0.429. The van der Waals surface area contributed by atoms with E-state index in [1.807, 2.05) is 6.92 Å². The van der Waals surface area contributed by atoms with Crippen molar-refractivity contribution in [3.8, 4) is 12.3 Å². The first-order chi connectivity index (χ1) is 9.38. The minimum Gasteiger partial charge on any atom is -0.326 e. The standard InChI is InChI=1S/C14H19ClN2O2S/c1-4-6-17(7-5-2)20(18,19)14-9-13(15)8-12(10-16)11(14)3/h1,8-9H,5-7,10,16H2,2-3H3. The van der Waals surface area contributed by atoms with Gasteiger partial charge in [-0.3, -0.25) is 0 Å². The van der Waals surface area contributed by atoms with Crippen molar-refractivity contribution in [2.45, 2.75) is 31.7 Å². The highest BCUT2D eigenvalue weighted by Crippen LogP contribution is 2.26. The van der Waals surface area contributed by atoms with Gasteiger partial charge in [-0.25, -0.2) is 8.42 Å². The van der Waals surface area contributed by atoms with Crippen molar-refractivity contribution in [2.24, 2.45) is 5.73 Å². The van der Waals surface area contributed by atoms with E-state index >= 15 is 0 Å². The van der Waals surface area contributed by atoms with Gasteiger partial charge in [0.25, 0.3) is 0 Å². The summed E-state index contributed by atoms with van der Waals surface area (Å²) in [6, 6.07) is 3.13. The van der Waals surface area contributed by atoms with Gasteiger partial charge in [0.15, 0.2) is 0 Å². The van der Waals surface area contributed by atoms with Crippen LogP contribution in [0.1, 0.15) is 24.5 Å². The van der Waals surface area contributed by atoms with Crippen molar-refractivity contribution in [3.63, 3.8) is 0 Å². The lowest BCUT2D eigenvalue weighted by Crippen LogP contribution is -2.33. The third-order valence-corrected chi connectivity index (χ3v) is 5.20. The molecule has 0 heterocycles. The van der Waals surface area contributed by atoms with Gasteiger partial charge in [0.05, 0.1) is 11.4 Å². The predicted molar refractivity (Wildman–Crippen MR) is 82.0 cm³/mol. The van der Waals surface area contributed by atoms with E-state index in [4.69, 9.17) is 23.8 Å². The molecule has 0 fully saturated rings. The third-order valence-electron chi connectivity index (χ3n) is 3.01. The van der Waals surface area contributed by atoms with Crippen LogP contribution in [-0.2, 0) is 16.6 Å². The molecule has 0 amide bonds. The summed E-state index contributed by atoms with van der Waals surface area (Å²) >= 11 is 5.99. The van der Waals surface area contributed by atoms with Crippen LogP contribution < -0.4 is 5.73 Å². The van der Waals surface area contributed by atoms with Crippen LogP contribution in [0.3, 0.4) is 0 Å². The monoisotopic (exact) mass is 314 g/mol. The number of benzene rings is 1. The van der Waals surface area contributed by atoms with Crippen molar-refractivity contribution < 1.29 is 8.42 Å². The zero-order chi connectivity index (χ0) is 15.3. The molecule has 0 aromatic heterocycles. The van der Waals surface area contributed by atoms with Gasteiger partial charge in [-0.05, 0) is 36.6 Å². The number of halogens is 1. The number of rotatable bonds is 6. The summed E-state index contributed by atoms with van der Waals surface area (Å²) in [5.41, 5.74) is 6.96. The van der Waals surface area contributed by atoms with Gasteiger partial charge in [0.2, 0.25) is 10.0 Å². The summed E-state index contributed by atoms with van der Waals surface area (Å²) in [6.45, 7) is 4.27. The van der Waals surface area contributed by atoms with Crippen LogP contribution in [-0.4, -0.2) is 25.8 Å². The summed E-state index contributed by atoms with van der Waals surface area (Å²) in [5.74, 6) is 2.38. The molecule has 2 N–H and O–H groups in total. The molecule has 0 bridgehead atoms. The van der Waals surface area contributed by atoms with E-state index in [-0.39, 0.29) is 18.0 Å². The zero-order valence-electron chi connectivity index (χ0n) is 11.7. The first-order valence-electron chi connectivity index (χ1n) is 6.31. The van der Waals surface area contributed by atoms with Crippen molar-refractivity contribution in [2.75, 3.05) is 13.1 Å². The number of nitrogens with two attached hydrogens (primary N) is 1. The third kappa shape index (κ3) is 3.53. The highest BCUT2D eigenvalue weighted by Gasteiger charge is 2.26. The van der Waals surface area contributed by atoms with E-state index in [1.54, 1.807) is 13.0 Å². The highest BCUT2D eigenvalue weighted by molar-refractivity contribution is 7.89. The number of hydrogen-bond acceptors (Lipinski definition) is 3. The summed E-state index contributed by atoms with van der Waals surface area (Å²) in [4.78, 5) is 0.175. The molecule has 1 rings (SSSR count). The molecule has 110 valence electrons. The average molecular weight is 315 g/mol. The van der Waals surface area contributed by atoms with E-state index in [9.17, 15) is 8.42 Å². The molecule has 4 nitrogen and oxygen atoms in total. The SMILES string of the molecule is C#CCN(CCC)S(=O)(=O)c1cc(Cl)cc(CN)c1C. The van der Waals surface area contributed by atoms with Crippen molar-refractivity contribution in [1.29, 1.82) is 0 Å². The van der Waals surface area contributed by atoms with Crippen LogP contribution >= 0.6 is 11.6 Å². The minimum atomic E-state index is -3.66. The Morgan fingerprint density at radius 2 is 2.10 bits per heavy atom. The predicted octanol–water partition coefficient (Wildman–Crippen LogP) is 2.14.